The standard InChI is InChI=1S/C14H14.C10H12N2S.C2H6/c1-11-3-7-13(8-4-11)14-9-5-12(2)6-10-14;1-7-3-5-9(6-4-7)10-12-11-8(2)13-10;1-2/h3-10H,1-2H3;3-6,8,11H,1-2H3;1-2H3. The topological polar surface area (TPSA) is 24.4 Å². The molecule has 0 bridgehead atoms. The van der Waals surface area contributed by atoms with Crippen molar-refractivity contribution in [3.8, 4) is 11.1 Å². The summed E-state index contributed by atoms with van der Waals surface area (Å²) in [6, 6.07) is 25.7. The van der Waals surface area contributed by atoms with E-state index in [1.165, 1.54) is 33.4 Å². The number of nitrogens with zero attached hydrogens (tertiary/aromatic N) is 1. The molecule has 0 saturated heterocycles. The average molecular weight is 405 g/mol. The Morgan fingerprint density at radius 3 is 1.28 bits per heavy atom. The summed E-state index contributed by atoms with van der Waals surface area (Å²) in [7, 11) is 0. The molecule has 1 N–H and O–H groups in total. The molecule has 1 atom stereocenters. The van der Waals surface area contributed by atoms with Crippen molar-refractivity contribution in [1.29, 1.82) is 0 Å². The van der Waals surface area contributed by atoms with Crippen molar-refractivity contribution in [1.82, 2.24) is 5.43 Å². The number of hydrogen-bond acceptors (Lipinski definition) is 3. The third-order valence-corrected chi connectivity index (χ3v) is 5.38. The number of thioether (sulfide) groups is 1. The van der Waals surface area contributed by atoms with Gasteiger partial charge < -0.3 is 0 Å². The molecule has 2 nitrogen and oxygen atoms in total. The molecule has 1 unspecified atom stereocenters. The minimum Gasteiger partial charge on any atom is -0.296 e. The highest BCUT2D eigenvalue weighted by Gasteiger charge is 2.15. The lowest BCUT2D eigenvalue weighted by Crippen LogP contribution is -2.09. The maximum absolute atomic E-state index is 4.25. The maximum Gasteiger partial charge on any atom is 0.125 e. The summed E-state index contributed by atoms with van der Waals surface area (Å²) in [5.41, 5.74) is 10.7. The summed E-state index contributed by atoms with van der Waals surface area (Å²) in [5.74, 6) is 0. The van der Waals surface area contributed by atoms with Crippen LogP contribution in [0.25, 0.3) is 11.1 Å². The van der Waals surface area contributed by atoms with Crippen LogP contribution in [-0.4, -0.2) is 10.4 Å². The number of aryl methyl sites for hydroxylation is 3. The fraction of sp³-hybridized carbons (Fsp3) is 0.269. The van der Waals surface area contributed by atoms with Crippen molar-refractivity contribution in [3.63, 3.8) is 0 Å². The summed E-state index contributed by atoms with van der Waals surface area (Å²) in [5, 5.41) is 5.74. The maximum atomic E-state index is 4.25. The molecule has 4 rings (SSSR count). The summed E-state index contributed by atoms with van der Waals surface area (Å²) >= 11 is 1.76. The quantitative estimate of drug-likeness (QED) is 0.483. The molecule has 152 valence electrons. The van der Waals surface area contributed by atoms with Crippen LogP contribution in [0.15, 0.2) is 77.9 Å². The van der Waals surface area contributed by atoms with Crippen LogP contribution in [0.5, 0.6) is 0 Å². The molecular formula is C26H32N2S. The van der Waals surface area contributed by atoms with Gasteiger partial charge in [0.25, 0.3) is 0 Å². The third-order valence-electron chi connectivity index (χ3n) is 4.37. The first-order valence-corrected chi connectivity index (χ1v) is 11.1. The normalized spacial score (nSPS) is 14.6. The van der Waals surface area contributed by atoms with Gasteiger partial charge in [0.2, 0.25) is 0 Å². The number of nitrogens with one attached hydrogen (secondary N) is 1. The molecule has 29 heavy (non-hydrogen) atoms. The van der Waals surface area contributed by atoms with Crippen LogP contribution in [0, 0.1) is 20.8 Å². The zero-order valence-electron chi connectivity index (χ0n) is 18.4. The van der Waals surface area contributed by atoms with Crippen molar-refractivity contribution >= 4 is 16.8 Å². The van der Waals surface area contributed by atoms with Gasteiger partial charge in [0, 0.05) is 5.56 Å². The van der Waals surface area contributed by atoms with Gasteiger partial charge in [0.1, 0.15) is 5.04 Å². The third kappa shape index (κ3) is 7.10. The zero-order valence-corrected chi connectivity index (χ0v) is 19.2. The Kier molecular flexibility index (Phi) is 9.01. The van der Waals surface area contributed by atoms with E-state index in [0.29, 0.717) is 5.37 Å². The first-order valence-electron chi connectivity index (χ1n) is 10.2. The fourth-order valence-electron chi connectivity index (χ4n) is 2.69. The molecule has 1 aliphatic rings. The second-order valence-corrected chi connectivity index (χ2v) is 8.23. The van der Waals surface area contributed by atoms with Gasteiger partial charge in [0.15, 0.2) is 0 Å². The van der Waals surface area contributed by atoms with E-state index < -0.39 is 0 Å². The zero-order chi connectivity index (χ0) is 21.2. The van der Waals surface area contributed by atoms with E-state index in [2.05, 4.69) is 111 Å². The molecule has 3 aromatic rings. The van der Waals surface area contributed by atoms with E-state index in [0.717, 1.165) is 5.04 Å². The predicted molar refractivity (Wildman–Crippen MR) is 131 cm³/mol. The molecule has 3 heteroatoms. The van der Waals surface area contributed by atoms with Gasteiger partial charge in [-0.05, 0) is 38.8 Å². The van der Waals surface area contributed by atoms with Crippen LogP contribution in [0.2, 0.25) is 0 Å². The van der Waals surface area contributed by atoms with Crippen LogP contribution >= 0.6 is 11.8 Å². The van der Waals surface area contributed by atoms with Gasteiger partial charge in [-0.25, -0.2) is 0 Å². The van der Waals surface area contributed by atoms with Gasteiger partial charge >= 0.3 is 0 Å². The molecule has 1 heterocycles. The van der Waals surface area contributed by atoms with Crippen LogP contribution in [0.3, 0.4) is 0 Å². The van der Waals surface area contributed by atoms with E-state index in [4.69, 9.17) is 0 Å². The molecule has 0 saturated carbocycles. The van der Waals surface area contributed by atoms with Crippen molar-refractivity contribution in [2.75, 3.05) is 0 Å². The Labute approximate surface area is 180 Å². The summed E-state index contributed by atoms with van der Waals surface area (Å²) in [6.45, 7) is 12.4. The molecule has 0 amide bonds. The second-order valence-electron chi connectivity index (χ2n) is 6.90. The van der Waals surface area contributed by atoms with E-state index in [1.807, 2.05) is 13.8 Å². The predicted octanol–water partition coefficient (Wildman–Crippen LogP) is 7.34. The molecule has 0 aromatic heterocycles. The highest BCUT2D eigenvalue weighted by atomic mass is 32.2. The molecule has 0 radical (unpaired) electrons. The van der Waals surface area contributed by atoms with Crippen LogP contribution in [0.4, 0.5) is 0 Å². The van der Waals surface area contributed by atoms with Crippen LogP contribution in [-0.2, 0) is 0 Å². The highest BCUT2D eigenvalue weighted by Crippen LogP contribution is 2.22. The van der Waals surface area contributed by atoms with Crippen LogP contribution < -0.4 is 5.43 Å². The minimum atomic E-state index is 0.399. The fourth-order valence-corrected chi connectivity index (χ4v) is 3.51. The van der Waals surface area contributed by atoms with Crippen molar-refractivity contribution in [2.24, 2.45) is 5.10 Å². The highest BCUT2D eigenvalue weighted by molar-refractivity contribution is 8.15. The number of hydrazone groups is 1. The summed E-state index contributed by atoms with van der Waals surface area (Å²) < 4.78 is 0. The summed E-state index contributed by atoms with van der Waals surface area (Å²) in [4.78, 5) is 0. The van der Waals surface area contributed by atoms with E-state index in [9.17, 15) is 0 Å². The number of rotatable bonds is 2. The average Bonchev–Trinajstić information content (AvgIpc) is 3.18. The Morgan fingerprint density at radius 1 is 0.621 bits per heavy atom. The molecule has 0 fully saturated rings. The minimum absolute atomic E-state index is 0.399. The SMILES string of the molecule is CC.Cc1ccc(-c2ccc(C)cc2)cc1.Cc1ccc(C2=NNC(C)S2)cc1. The first-order chi connectivity index (χ1) is 14.0. The molecular weight excluding hydrogens is 372 g/mol. The lowest BCUT2D eigenvalue weighted by Gasteiger charge is -2.02. The molecule has 1 aliphatic heterocycles. The van der Waals surface area contributed by atoms with Crippen molar-refractivity contribution in [3.05, 3.63) is 95.1 Å². The Hall–Kier alpha value is -2.52. The summed E-state index contributed by atoms with van der Waals surface area (Å²) in [6.07, 6.45) is 0. The van der Waals surface area contributed by atoms with Crippen molar-refractivity contribution in [2.45, 2.75) is 46.9 Å². The lowest BCUT2D eigenvalue weighted by molar-refractivity contribution is 0.754. The van der Waals surface area contributed by atoms with E-state index in [1.54, 1.807) is 11.8 Å². The number of benzene rings is 3. The molecule has 0 aliphatic carbocycles. The Morgan fingerprint density at radius 2 is 0.966 bits per heavy atom. The first kappa shape index (κ1) is 22.8. The lowest BCUT2D eigenvalue weighted by atomic mass is 10.0. The van der Waals surface area contributed by atoms with Gasteiger partial charge in [0.05, 0.1) is 5.37 Å². The van der Waals surface area contributed by atoms with Gasteiger partial charge in [-0.15, -0.1) is 0 Å². The Bertz CT molecular complexity index is 851. The number of hydrogen-bond donors (Lipinski definition) is 1. The molecule has 3 aromatic carbocycles. The van der Waals surface area contributed by atoms with E-state index in [-0.39, 0.29) is 0 Å². The second kappa shape index (κ2) is 11.5. The van der Waals surface area contributed by atoms with Gasteiger partial charge in [-0.3, -0.25) is 5.43 Å². The van der Waals surface area contributed by atoms with Gasteiger partial charge in [-0.2, -0.15) is 5.10 Å². The van der Waals surface area contributed by atoms with E-state index >= 15 is 0 Å². The Balaban J connectivity index is 0.000000191. The largest absolute Gasteiger partial charge is 0.296 e. The van der Waals surface area contributed by atoms with Gasteiger partial charge in [-0.1, -0.05) is 115 Å². The van der Waals surface area contributed by atoms with Crippen molar-refractivity contribution < 1.29 is 0 Å². The molecule has 0 spiro atoms. The van der Waals surface area contributed by atoms with Crippen LogP contribution in [0.1, 0.15) is 43.0 Å². The smallest absolute Gasteiger partial charge is 0.125 e. The monoisotopic (exact) mass is 404 g/mol.